The Morgan fingerprint density at radius 2 is 1.96 bits per heavy atom. The van der Waals surface area contributed by atoms with Gasteiger partial charge in [-0.15, -0.1) is 0 Å². The standard InChI is InChI=1S/C19H17F3N2O2/c1-2-26-18(25)14(17-23-15-8-3-4-9-16(15)24-17)11-12-6-5-7-13(10-12)19(20,21)22/h3-10,14H,2,11H2,1H3,(H,23,24)/t14-/m1/s1. The number of carbonyl (C=O) groups is 1. The first-order chi connectivity index (χ1) is 12.4. The lowest BCUT2D eigenvalue weighted by molar-refractivity contribution is -0.145. The highest BCUT2D eigenvalue weighted by atomic mass is 19.4. The van der Waals surface area contributed by atoms with Crippen LogP contribution >= 0.6 is 0 Å². The summed E-state index contributed by atoms with van der Waals surface area (Å²) in [6.07, 6.45) is -4.38. The Morgan fingerprint density at radius 3 is 2.65 bits per heavy atom. The Balaban J connectivity index is 1.95. The van der Waals surface area contributed by atoms with Gasteiger partial charge in [-0.2, -0.15) is 13.2 Å². The van der Waals surface area contributed by atoms with E-state index in [4.69, 9.17) is 4.74 Å². The third kappa shape index (κ3) is 3.87. The minimum Gasteiger partial charge on any atom is -0.465 e. The van der Waals surface area contributed by atoms with Crippen LogP contribution in [0.15, 0.2) is 48.5 Å². The number of hydrogen-bond donors (Lipinski definition) is 1. The summed E-state index contributed by atoms with van der Waals surface area (Å²) >= 11 is 0. The molecule has 0 spiro atoms. The van der Waals surface area contributed by atoms with Crippen LogP contribution in [0.25, 0.3) is 11.0 Å². The number of ether oxygens (including phenoxy) is 1. The van der Waals surface area contributed by atoms with Gasteiger partial charge in [-0.05, 0) is 37.1 Å². The number of para-hydroxylation sites is 2. The quantitative estimate of drug-likeness (QED) is 0.681. The van der Waals surface area contributed by atoms with E-state index in [9.17, 15) is 18.0 Å². The van der Waals surface area contributed by atoms with Crippen molar-refractivity contribution in [3.8, 4) is 0 Å². The average Bonchev–Trinajstić information content (AvgIpc) is 3.03. The summed E-state index contributed by atoms with van der Waals surface area (Å²) in [7, 11) is 0. The molecule has 0 aliphatic rings. The number of H-pyrrole nitrogens is 1. The molecule has 0 unspecified atom stereocenters. The van der Waals surface area contributed by atoms with Crippen molar-refractivity contribution < 1.29 is 22.7 Å². The van der Waals surface area contributed by atoms with E-state index in [1.165, 1.54) is 6.07 Å². The van der Waals surface area contributed by atoms with E-state index in [-0.39, 0.29) is 13.0 Å². The van der Waals surface area contributed by atoms with Crippen molar-refractivity contribution in [3.63, 3.8) is 0 Å². The smallest absolute Gasteiger partial charge is 0.416 e. The number of esters is 1. The zero-order chi connectivity index (χ0) is 18.7. The average molecular weight is 362 g/mol. The first kappa shape index (κ1) is 18.0. The molecule has 0 radical (unpaired) electrons. The van der Waals surface area contributed by atoms with Crippen molar-refractivity contribution in [3.05, 3.63) is 65.5 Å². The maximum Gasteiger partial charge on any atom is 0.416 e. The van der Waals surface area contributed by atoms with Crippen molar-refractivity contribution in [1.82, 2.24) is 9.97 Å². The fourth-order valence-electron chi connectivity index (χ4n) is 2.78. The highest BCUT2D eigenvalue weighted by molar-refractivity contribution is 5.81. The topological polar surface area (TPSA) is 55.0 Å². The van der Waals surface area contributed by atoms with Gasteiger partial charge in [0.1, 0.15) is 11.7 Å². The van der Waals surface area contributed by atoms with Crippen LogP contribution in [0.2, 0.25) is 0 Å². The van der Waals surface area contributed by atoms with Crippen LogP contribution in [-0.4, -0.2) is 22.5 Å². The molecule has 7 heteroatoms. The number of carbonyl (C=O) groups excluding carboxylic acids is 1. The van der Waals surface area contributed by atoms with Gasteiger partial charge in [0.2, 0.25) is 0 Å². The molecule has 0 aliphatic heterocycles. The number of nitrogens with one attached hydrogen (secondary N) is 1. The van der Waals surface area contributed by atoms with Crippen LogP contribution in [-0.2, 0) is 22.1 Å². The Hall–Kier alpha value is -2.83. The summed E-state index contributed by atoms with van der Waals surface area (Å²) in [6, 6.07) is 12.2. The first-order valence-electron chi connectivity index (χ1n) is 8.16. The zero-order valence-electron chi connectivity index (χ0n) is 14.0. The van der Waals surface area contributed by atoms with E-state index in [0.717, 1.165) is 17.6 Å². The van der Waals surface area contributed by atoms with Gasteiger partial charge < -0.3 is 9.72 Å². The molecule has 0 fully saturated rings. The van der Waals surface area contributed by atoms with Crippen LogP contribution in [0.5, 0.6) is 0 Å². The molecular formula is C19H17F3N2O2. The van der Waals surface area contributed by atoms with E-state index >= 15 is 0 Å². The third-order valence-corrected chi connectivity index (χ3v) is 4.00. The number of halogens is 3. The van der Waals surface area contributed by atoms with Crippen LogP contribution in [0, 0.1) is 0 Å². The van der Waals surface area contributed by atoms with Crippen molar-refractivity contribution >= 4 is 17.0 Å². The van der Waals surface area contributed by atoms with Crippen LogP contribution < -0.4 is 0 Å². The van der Waals surface area contributed by atoms with Crippen molar-refractivity contribution in [2.45, 2.75) is 25.4 Å². The summed E-state index contributed by atoms with van der Waals surface area (Å²) in [4.78, 5) is 19.9. The van der Waals surface area contributed by atoms with E-state index in [1.54, 1.807) is 19.1 Å². The zero-order valence-corrected chi connectivity index (χ0v) is 14.0. The van der Waals surface area contributed by atoms with Crippen molar-refractivity contribution in [1.29, 1.82) is 0 Å². The summed E-state index contributed by atoms with van der Waals surface area (Å²) in [6.45, 7) is 1.86. The van der Waals surface area contributed by atoms with Crippen LogP contribution in [0.4, 0.5) is 13.2 Å². The second kappa shape index (κ2) is 7.19. The second-order valence-corrected chi connectivity index (χ2v) is 5.85. The van der Waals surface area contributed by atoms with Gasteiger partial charge in [-0.1, -0.05) is 30.3 Å². The van der Waals surface area contributed by atoms with Gasteiger partial charge in [-0.3, -0.25) is 4.79 Å². The first-order valence-corrected chi connectivity index (χ1v) is 8.16. The van der Waals surface area contributed by atoms with E-state index in [1.807, 2.05) is 18.2 Å². The predicted octanol–water partition coefficient (Wildman–Crippen LogP) is 4.47. The van der Waals surface area contributed by atoms with Gasteiger partial charge in [-0.25, -0.2) is 4.98 Å². The highest BCUT2D eigenvalue weighted by Gasteiger charge is 2.31. The van der Waals surface area contributed by atoms with Crippen LogP contribution in [0.1, 0.15) is 29.8 Å². The fourth-order valence-corrected chi connectivity index (χ4v) is 2.78. The highest BCUT2D eigenvalue weighted by Crippen LogP contribution is 2.31. The Morgan fingerprint density at radius 1 is 1.19 bits per heavy atom. The number of alkyl halides is 3. The lowest BCUT2D eigenvalue weighted by atomic mass is 9.97. The minimum atomic E-state index is -4.44. The molecule has 136 valence electrons. The lowest BCUT2D eigenvalue weighted by Gasteiger charge is -2.15. The second-order valence-electron chi connectivity index (χ2n) is 5.85. The Bertz CT molecular complexity index is 885. The van der Waals surface area contributed by atoms with Gasteiger partial charge >= 0.3 is 12.1 Å². The molecule has 1 aromatic heterocycles. The number of hydrogen-bond acceptors (Lipinski definition) is 3. The molecule has 0 saturated carbocycles. The van der Waals surface area contributed by atoms with Crippen LogP contribution in [0.3, 0.4) is 0 Å². The summed E-state index contributed by atoms with van der Waals surface area (Å²) in [5.41, 5.74) is 1.07. The van der Waals surface area contributed by atoms with E-state index in [2.05, 4.69) is 9.97 Å². The van der Waals surface area contributed by atoms with Crippen molar-refractivity contribution in [2.75, 3.05) is 6.61 Å². The predicted molar refractivity (Wildman–Crippen MR) is 90.6 cm³/mol. The van der Waals surface area contributed by atoms with Gasteiger partial charge in [0, 0.05) is 0 Å². The SMILES string of the molecule is CCOC(=O)[C@H](Cc1cccc(C(F)(F)F)c1)c1nc2ccccc2[nH]1. The number of nitrogens with zero attached hydrogens (tertiary/aromatic N) is 1. The maximum atomic E-state index is 12.9. The molecule has 2 aromatic carbocycles. The molecule has 3 aromatic rings. The summed E-state index contributed by atoms with van der Waals surface area (Å²) in [5, 5.41) is 0. The minimum absolute atomic E-state index is 0.0581. The third-order valence-electron chi connectivity index (χ3n) is 4.00. The van der Waals surface area contributed by atoms with Gasteiger partial charge in [0.25, 0.3) is 0 Å². The largest absolute Gasteiger partial charge is 0.465 e. The normalized spacial score (nSPS) is 12.9. The molecule has 4 nitrogen and oxygen atoms in total. The molecule has 3 rings (SSSR count). The number of aromatic nitrogens is 2. The summed E-state index contributed by atoms with van der Waals surface area (Å²) < 4.78 is 43.9. The molecule has 0 bridgehead atoms. The summed E-state index contributed by atoms with van der Waals surface area (Å²) in [5.74, 6) is -0.961. The number of benzene rings is 2. The van der Waals surface area contributed by atoms with Crippen molar-refractivity contribution in [2.24, 2.45) is 0 Å². The van der Waals surface area contributed by atoms with E-state index < -0.39 is 23.6 Å². The molecular weight excluding hydrogens is 345 g/mol. The van der Waals surface area contributed by atoms with Gasteiger partial charge in [0.15, 0.2) is 0 Å². The molecule has 0 amide bonds. The monoisotopic (exact) mass is 362 g/mol. The van der Waals surface area contributed by atoms with E-state index in [0.29, 0.717) is 16.9 Å². The number of fused-ring (bicyclic) bond motifs is 1. The lowest BCUT2D eigenvalue weighted by Crippen LogP contribution is -2.20. The fraction of sp³-hybridized carbons (Fsp3) is 0.263. The molecule has 1 atom stereocenters. The molecule has 26 heavy (non-hydrogen) atoms. The number of rotatable bonds is 5. The number of aromatic amines is 1. The molecule has 1 heterocycles. The Labute approximate surface area is 148 Å². The molecule has 1 N–H and O–H groups in total. The Kier molecular flexibility index (Phi) is 4.97. The molecule has 0 aliphatic carbocycles. The van der Waals surface area contributed by atoms with Gasteiger partial charge in [0.05, 0.1) is 23.2 Å². The number of imidazole rings is 1. The molecule has 0 saturated heterocycles. The maximum absolute atomic E-state index is 12.9.